The molecule has 94 valence electrons. The van der Waals surface area contributed by atoms with Crippen LogP contribution in [0.5, 0.6) is 0 Å². The van der Waals surface area contributed by atoms with E-state index in [0.29, 0.717) is 5.76 Å². The standard InChI is InChI=1S/C13H19NO3/c1-9-3-4-11(17-9)12(13(15)16)10-5-7-14(2)8-6-10/h3-4,10,12H,5-8H2,1-2H3,(H,15,16). The van der Waals surface area contributed by atoms with E-state index in [-0.39, 0.29) is 5.92 Å². The average molecular weight is 237 g/mol. The van der Waals surface area contributed by atoms with Crippen molar-refractivity contribution in [2.45, 2.75) is 25.7 Å². The summed E-state index contributed by atoms with van der Waals surface area (Å²) in [5.41, 5.74) is 0. The van der Waals surface area contributed by atoms with Gasteiger partial charge in [-0.25, -0.2) is 0 Å². The fraction of sp³-hybridized carbons (Fsp3) is 0.615. The van der Waals surface area contributed by atoms with E-state index in [1.165, 1.54) is 0 Å². The first-order chi connectivity index (χ1) is 8.08. The van der Waals surface area contributed by atoms with Gasteiger partial charge in [-0.05, 0) is 58.0 Å². The molecule has 4 heteroatoms. The molecule has 1 aromatic rings. The van der Waals surface area contributed by atoms with Crippen LogP contribution in [-0.2, 0) is 4.79 Å². The van der Waals surface area contributed by atoms with E-state index in [4.69, 9.17) is 4.42 Å². The van der Waals surface area contributed by atoms with Gasteiger partial charge >= 0.3 is 5.97 Å². The highest BCUT2D eigenvalue weighted by molar-refractivity contribution is 5.75. The molecule has 1 N–H and O–H groups in total. The number of hydrogen-bond acceptors (Lipinski definition) is 3. The van der Waals surface area contributed by atoms with Gasteiger partial charge in [-0.2, -0.15) is 0 Å². The Kier molecular flexibility index (Phi) is 3.52. The molecular formula is C13H19NO3. The summed E-state index contributed by atoms with van der Waals surface area (Å²) in [7, 11) is 2.07. The van der Waals surface area contributed by atoms with Crippen LogP contribution in [0, 0.1) is 12.8 Å². The third kappa shape index (κ3) is 2.69. The number of piperidine rings is 1. The predicted octanol–water partition coefficient (Wildman–Crippen LogP) is 2.10. The number of hydrogen-bond donors (Lipinski definition) is 1. The van der Waals surface area contributed by atoms with Crippen LogP contribution in [0.1, 0.15) is 30.3 Å². The molecule has 0 aromatic carbocycles. The average Bonchev–Trinajstić information content (AvgIpc) is 2.68. The lowest BCUT2D eigenvalue weighted by Crippen LogP contribution is -2.34. The van der Waals surface area contributed by atoms with Crippen LogP contribution in [0.25, 0.3) is 0 Å². The number of carboxylic acids is 1. The Hall–Kier alpha value is -1.29. The van der Waals surface area contributed by atoms with Crippen molar-refractivity contribution in [2.24, 2.45) is 5.92 Å². The SMILES string of the molecule is Cc1ccc(C(C(=O)O)C2CCN(C)CC2)o1. The number of carbonyl (C=O) groups is 1. The van der Waals surface area contributed by atoms with Crippen LogP contribution in [-0.4, -0.2) is 36.1 Å². The van der Waals surface area contributed by atoms with Crippen LogP contribution < -0.4 is 0 Å². The molecule has 2 heterocycles. The maximum Gasteiger partial charge on any atom is 0.314 e. The first-order valence-corrected chi connectivity index (χ1v) is 6.05. The van der Waals surface area contributed by atoms with Gasteiger partial charge in [0.05, 0.1) is 0 Å². The van der Waals surface area contributed by atoms with Crippen LogP contribution in [0.15, 0.2) is 16.5 Å². The van der Waals surface area contributed by atoms with Gasteiger partial charge < -0.3 is 14.4 Å². The van der Waals surface area contributed by atoms with Gasteiger partial charge in [0.15, 0.2) is 0 Å². The number of furan rings is 1. The van der Waals surface area contributed by atoms with Gasteiger partial charge in [-0.15, -0.1) is 0 Å². The molecule has 4 nitrogen and oxygen atoms in total. The van der Waals surface area contributed by atoms with Crippen molar-refractivity contribution in [3.05, 3.63) is 23.7 Å². The third-order valence-electron chi connectivity index (χ3n) is 3.57. The Labute approximate surface area is 101 Å². The van der Waals surface area contributed by atoms with Gasteiger partial charge in [-0.1, -0.05) is 0 Å². The maximum absolute atomic E-state index is 11.4. The summed E-state index contributed by atoms with van der Waals surface area (Å²) in [6.07, 6.45) is 1.85. The van der Waals surface area contributed by atoms with Crippen molar-refractivity contribution < 1.29 is 14.3 Å². The van der Waals surface area contributed by atoms with Gasteiger partial charge in [0, 0.05) is 0 Å². The van der Waals surface area contributed by atoms with Gasteiger partial charge in [0.25, 0.3) is 0 Å². The zero-order valence-corrected chi connectivity index (χ0v) is 10.3. The Balaban J connectivity index is 2.15. The molecule has 1 atom stereocenters. The first kappa shape index (κ1) is 12.2. The molecule has 1 aromatic heterocycles. The topological polar surface area (TPSA) is 53.7 Å². The molecular weight excluding hydrogens is 218 g/mol. The molecule has 0 bridgehead atoms. The lowest BCUT2D eigenvalue weighted by Gasteiger charge is -2.31. The summed E-state index contributed by atoms with van der Waals surface area (Å²) in [6.45, 7) is 3.78. The quantitative estimate of drug-likeness (QED) is 0.874. The summed E-state index contributed by atoms with van der Waals surface area (Å²) in [6, 6.07) is 3.63. The minimum atomic E-state index is -0.770. The van der Waals surface area contributed by atoms with Gasteiger partial charge in [0.1, 0.15) is 17.4 Å². The lowest BCUT2D eigenvalue weighted by molar-refractivity contribution is -0.141. The second-order valence-corrected chi connectivity index (χ2v) is 4.91. The van der Waals surface area contributed by atoms with Crippen molar-refractivity contribution in [1.29, 1.82) is 0 Å². The monoisotopic (exact) mass is 237 g/mol. The lowest BCUT2D eigenvalue weighted by atomic mass is 9.83. The summed E-state index contributed by atoms with van der Waals surface area (Å²) in [5, 5.41) is 9.38. The van der Waals surface area contributed by atoms with Crippen LogP contribution in [0.4, 0.5) is 0 Å². The highest BCUT2D eigenvalue weighted by atomic mass is 16.4. The molecule has 1 aliphatic heterocycles. The van der Waals surface area contributed by atoms with Crippen LogP contribution in [0.2, 0.25) is 0 Å². The van der Waals surface area contributed by atoms with Crippen molar-refractivity contribution in [2.75, 3.05) is 20.1 Å². The van der Waals surface area contributed by atoms with Crippen molar-refractivity contribution >= 4 is 5.97 Å². The third-order valence-corrected chi connectivity index (χ3v) is 3.57. The summed E-state index contributed by atoms with van der Waals surface area (Å²) < 4.78 is 5.49. The van der Waals surface area contributed by atoms with Crippen LogP contribution in [0.3, 0.4) is 0 Å². The minimum Gasteiger partial charge on any atom is -0.481 e. The fourth-order valence-corrected chi connectivity index (χ4v) is 2.54. The Morgan fingerprint density at radius 3 is 2.59 bits per heavy atom. The molecule has 1 saturated heterocycles. The molecule has 1 fully saturated rings. The normalized spacial score (nSPS) is 20.4. The van der Waals surface area contributed by atoms with E-state index >= 15 is 0 Å². The van der Waals surface area contributed by atoms with Crippen molar-refractivity contribution in [1.82, 2.24) is 4.90 Å². The molecule has 1 unspecified atom stereocenters. The molecule has 17 heavy (non-hydrogen) atoms. The number of rotatable bonds is 3. The molecule has 0 aliphatic carbocycles. The second-order valence-electron chi connectivity index (χ2n) is 4.91. The molecule has 0 saturated carbocycles. The summed E-state index contributed by atoms with van der Waals surface area (Å²) >= 11 is 0. The van der Waals surface area contributed by atoms with E-state index in [0.717, 1.165) is 31.7 Å². The minimum absolute atomic E-state index is 0.189. The Morgan fingerprint density at radius 2 is 2.12 bits per heavy atom. The number of likely N-dealkylation sites (tertiary alicyclic amines) is 1. The molecule has 2 rings (SSSR count). The number of carboxylic acid groups (broad SMARTS) is 1. The fourth-order valence-electron chi connectivity index (χ4n) is 2.54. The Morgan fingerprint density at radius 1 is 1.47 bits per heavy atom. The van der Waals surface area contributed by atoms with Crippen LogP contribution >= 0.6 is 0 Å². The molecule has 0 radical (unpaired) electrons. The zero-order valence-electron chi connectivity index (χ0n) is 10.3. The second kappa shape index (κ2) is 4.92. The van der Waals surface area contributed by atoms with Gasteiger partial charge in [-0.3, -0.25) is 4.79 Å². The van der Waals surface area contributed by atoms with Crippen molar-refractivity contribution in [3.63, 3.8) is 0 Å². The maximum atomic E-state index is 11.4. The van der Waals surface area contributed by atoms with Crippen molar-refractivity contribution in [3.8, 4) is 0 Å². The largest absolute Gasteiger partial charge is 0.481 e. The first-order valence-electron chi connectivity index (χ1n) is 6.05. The molecule has 0 amide bonds. The summed E-state index contributed by atoms with van der Waals surface area (Å²) in [4.78, 5) is 13.7. The highest BCUT2D eigenvalue weighted by Gasteiger charge is 2.33. The van der Waals surface area contributed by atoms with Gasteiger partial charge in [0.2, 0.25) is 0 Å². The van der Waals surface area contributed by atoms with E-state index < -0.39 is 11.9 Å². The van der Waals surface area contributed by atoms with E-state index in [9.17, 15) is 9.90 Å². The summed E-state index contributed by atoms with van der Waals surface area (Å²) in [5.74, 6) is 0.310. The predicted molar refractivity (Wildman–Crippen MR) is 64.0 cm³/mol. The zero-order chi connectivity index (χ0) is 12.4. The molecule has 1 aliphatic rings. The number of aryl methyl sites for hydroxylation is 1. The molecule has 0 spiro atoms. The van der Waals surface area contributed by atoms with E-state index in [2.05, 4.69) is 11.9 Å². The van der Waals surface area contributed by atoms with E-state index in [1.807, 2.05) is 13.0 Å². The Bertz CT molecular complexity index is 391. The van der Waals surface area contributed by atoms with E-state index in [1.54, 1.807) is 6.07 Å². The highest BCUT2D eigenvalue weighted by Crippen LogP contribution is 2.33. The smallest absolute Gasteiger partial charge is 0.314 e. The number of nitrogens with zero attached hydrogens (tertiary/aromatic N) is 1. The number of aliphatic carboxylic acids is 1.